The van der Waals surface area contributed by atoms with Crippen molar-refractivity contribution < 1.29 is 9.90 Å². The van der Waals surface area contributed by atoms with Crippen LogP contribution in [0.3, 0.4) is 0 Å². The Morgan fingerprint density at radius 3 is 3.11 bits per heavy atom. The lowest BCUT2D eigenvalue weighted by molar-refractivity contribution is -0.143. The van der Waals surface area contributed by atoms with Crippen LogP contribution in [0.25, 0.3) is 0 Å². The lowest BCUT2D eigenvalue weighted by atomic mass is 9.86. The molecule has 7 nitrogen and oxygen atoms in total. The Morgan fingerprint density at radius 2 is 2.37 bits per heavy atom. The third kappa shape index (κ3) is 3.73. The van der Waals surface area contributed by atoms with E-state index in [1.165, 1.54) is 0 Å². The number of rotatable bonds is 6. The molecule has 2 atom stereocenters. The highest BCUT2D eigenvalue weighted by Crippen LogP contribution is 2.24. The number of carboxylic acid groups (broad SMARTS) is 1. The first-order chi connectivity index (χ1) is 9.20. The normalized spacial score (nSPS) is 23.4. The van der Waals surface area contributed by atoms with Crippen LogP contribution in [0.2, 0.25) is 0 Å². The first-order valence-corrected chi connectivity index (χ1v) is 6.92. The molecule has 2 rings (SSSR count). The Kier molecular flexibility index (Phi) is 4.84. The molecule has 19 heavy (non-hydrogen) atoms. The molecule has 0 bridgehead atoms. The lowest BCUT2D eigenvalue weighted by Crippen LogP contribution is -2.36. The van der Waals surface area contributed by atoms with E-state index in [-0.39, 0.29) is 12.0 Å². The second-order valence-electron chi connectivity index (χ2n) is 5.10. The van der Waals surface area contributed by atoms with E-state index in [0.717, 1.165) is 38.1 Å². The number of tetrazole rings is 1. The van der Waals surface area contributed by atoms with Crippen molar-refractivity contribution in [1.82, 2.24) is 25.5 Å². The van der Waals surface area contributed by atoms with Gasteiger partial charge in [0.1, 0.15) is 0 Å². The largest absolute Gasteiger partial charge is 0.481 e. The Morgan fingerprint density at radius 1 is 1.53 bits per heavy atom. The Labute approximate surface area is 112 Å². The van der Waals surface area contributed by atoms with Crippen molar-refractivity contribution in [2.24, 2.45) is 5.92 Å². The molecule has 2 N–H and O–H groups in total. The maximum absolute atomic E-state index is 11.0. The minimum absolute atomic E-state index is 0.210. The van der Waals surface area contributed by atoms with Gasteiger partial charge in [-0.05, 0) is 36.1 Å². The van der Waals surface area contributed by atoms with Crippen LogP contribution in [0.4, 0.5) is 0 Å². The molecular formula is C12H21N5O2. The third-order valence-corrected chi connectivity index (χ3v) is 3.61. The zero-order valence-electron chi connectivity index (χ0n) is 11.2. The van der Waals surface area contributed by atoms with Gasteiger partial charge in [0.05, 0.1) is 12.5 Å². The summed E-state index contributed by atoms with van der Waals surface area (Å²) in [6.07, 6.45) is 4.47. The van der Waals surface area contributed by atoms with Gasteiger partial charge in [-0.15, -0.1) is 5.10 Å². The number of aryl methyl sites for hydroxylation is 1. The van der Waals surface area contributed by atoms with Crippen LogP contribution in [-0.4, -0.2) is 37.3 Å². The molecule has 1 fully saturated rings. The molecule has 0 spiro atoms. The van der Waals surface area contributed by atoms with Gasteiger partial charge in [-0.25, -0.2) is 4.68 Å². The van der Waals surface area contributed by atoms with E-state index < -0.39 is 5.97 Å². The summed E-state index contributed by atoms with van der Waals surface area (Å²) in [5.41, 5.74) is 0. The second kappa shape index (κ2) is 6.60. The van der Waals surface area contributed by atoms with Crippen molar-refractivity contribution in [2.45, 2.75) is 58.2 Å². The van der Waals surface area contributed by atoms with E-state index in [0.29, 0.717) is 13.0 Å². The number of nitrogens with zero attached hydrogens (tertiary/aromatic N) is 4. The van der Waals surface area contributed by atoms with Gasteiger partial charge in [0.15, 0.2) is 5.82 Å². The molecule has 7 heteroatoms. The number of hydrogen-bond donors (Lipinski definition) is 2. The average molecular weight is 267 g/mol. The van der Waals surface area contributed by atoms with Gasteiger partial charge in [-0.2, -0.15) is 0 Å². The number of carbonyl (C=O) groups is 1. The quantitative estimate of drug-likeness (QED) is 0.792. The predicted molar refractivity (Wildman–Crippen MR) is 68.3 cm³/mol. The van der Waals surface area contributed by atoms with Gasteiger partial charge in [0, 0.05) is 12.6 Å². The summed E-state index contributed by atoms with van der Waals surface area (Å²) in [7, 11) is 0. The first kappa shape index (κ1) is 13.9. The Balaban J connectivity index is 1.84. The van der Waals surface area contributed by atoms with Crippen LogP contribution >= 0.6 is 0 Å². The van der Waals surface area contributed by atoms with Crippen molar-refractivity contribution in [3.05, 3.63) is 5.82 Å². The van der Waals surface area contributed by atoms with Gasteiger partial charge in [-0.1, -0.05) is 13.3 Å². The van der Waals surface area contributed by atoms with Gasteiger partial charge in [0.2, 0.25) is 0 Å². The third-order valence-electron chi connectivity index (χ3n) is 3.61. The number of aromatic nitrogens is 4. The van der Waals surface area contributed by atoms with E-state index in [2.05, 4.69) is 27.8 Å². The fraction of sp³-hybridized carbons (Fsp3) is 0.833. The smallest absolute Gasteiger partial charge is 0.306 e. The number of hydrogen-bond acceptors (Lipinski definition) is 5. The zero-order valence-corrected chi connectivity index (χ0v) is 11.2. The van der Waals surface area contributed by atoms with Gasteiger partial charge >= 0.3 is 5.97 Å². The Hall–Kier alpha value is -1.50. The van der Waals surface area contributed by atoms with Crippen molar-refractivity contribution >= 4 is 5.97 Å². The molecular weight excluding hydrogens is 246 g/mol. The standard InChI is InChI=1S/C12H21N5O2/c1-2-6-17-11(14-15-16-17)8-13-10-5-3-4-9(7-10)12(18)19/h9-10,13H,2-8H2,1H3,(H,18,19). The minimum Gasteiger partial charge on any atom is -0.481 e. The van der Waals surface area contributed by atoms with Gasteiger partial charge in [0.25, 0.3) is 0 Å². The summed E-state index contributed by atoms with van der Waals surface area (Å²) in [6.45, 7) is 3.49. The van der Waals surface area contributed by atoms with E-state index in [4.69, 9.17) is 5.11 Å². The summed E-state index contributed by atoms with van der Waals surface area (Å²) < 4.78 is 1.80. The summed E-state index contributed by atoms with van der Waals surface area (Å²) in [4.78, 5) is 11.0. The van der Waals surface area contributed by atoms with Crippen molar-refractivity contribution in [3.63, 3.8) is 0 Å². The Bertz CT molecular complexity index is 420. The summed E-state index contributed by atoms with van der Waals surface area (Å²) in [5.74, 6) is -0.0699. The molecule has 1 aliphatic carbocycles. The number of aliphatic carboxylic acids is 1. The van der Waals surface area contributed by atoms with E-state index in [9.17, 15) is 4.79 Å². The highest BCUT2D eigenvalue weighted by molar-refractivity contribution is 5.70. The van der Waals surface area contributed by atoms with Gasteiger partial charge < -0.3 is 10.4 Å². The molecule has 1 saturated carbocycles. The van der Waals surface area contributed by atoms with Crippen LogP contribution in [0.1, 0.15) is 44.9 Å². The molecule has 0 aromatic carbocycles. The fourth-order valence-electron chi connectivity index (χ4n) is 2.57. The lowest BCUT2D eigenvalue weighted by Gasteiger charge is -2.27. The SMILES string of the molecule is CCCn1nnnc1CNC1CCCC(C(=O)O)C1. The van der Waals surface area contributed by atoms with Crippen molar-refractivity contribution in [3.8, 4) is 0 Å². The molecule has 1 aromatic rings. The second-order valence-corrected chi connectivity index (χ2v) is 5.10. The summed E-state index contributed by atoms with van der Waals surface area (Å²) in [5, 5.41) is 24.0. The number of nitrogens with one attached hydrogen (secondary N) is 1. The van der Waals surface area contributed by atoms with Crippen molar-refractivity contribution in [2.75, 3.05) is 0 Å². The van der Waals surface area contributed by atoms with Crippen LogP contribution < -0.4 is 5.32 Å². The molecule has 0 amide bonds. The van der Waals surface area contributed by atoms with Crippen LogP contribution in [0, 0.1) is 5.92 Å². The molecule has 1 aromatic heterocycles. The highest BCUT2D eigenvalue weighted by atomic mass is 16.4. The van der Waals surface area contributed by atoms with E-state index >= 15 is 0 Å². The molecule has 1 heterocycles. The highest BCUT2D eigenvalue weighted by Gasteiger charge is 2.26. The topological polar surface area (TPSA) is 92.9 Å². The molecule has 1 aliphatic rings. The van der Waals surface area contributed by atoms with E-state index in [1.807, 2.05) is 0 Å². The van der Waals surface area contributed by atoms with Crippen molar-refractivity contribution in [1.29, 1.82) is 0 Å². The van der Waals surface area contributed by atoms with Crippen LogP contribution in [-0.2, 0) is 17.9 Å². The van der Waals surface area contributed by atoms with Crippen LogP contribution in [0.5, 0.6) is 0 Å². The summed E-state index contributed by atoms with van der Waals surface area (Å²) in [6, 6.07) is 0.252. The van der Waals surface area contributed by atoms with Gasteiger partial charge in [-0.3, -0.25) is 4.79 Å². The zero-order chi connectivity index (χ0) is 13.7. The fourth-order valence-corrected chi connectivity index (χ4v) is 2.57. The maximum atomic E-state index is 11.0. The predicted octanol–water partition coefficient (Wildman–Crippen LogP) is 0.816. The van der Waals surface area contributed by atoms with Crippen LogP contribution in [0.15, 0.2) is 0 Å². The first-order valence-electron chi connectivity index (χ1n) is 6.92. The molecule has 106 valence electrons. The average Bonchev–Trinajstić information content (AvgIpc) is 2.85. The van der Waals surface area contributed by atoms with E-state index in [1.54, 1.807) is 4.68 Å². The summed E-state index contributed by atoms with van der Waals surface area (Å²) >= 11 is 0. The molecule has 0 radical (unpaired) electrons. The molecule has 0 saturated heterocycles. The molecule has 2 unspecified atom stereocenters. The minimum atomic E-state index is -0.678. The number of carboxylic acids is 1. The molecule has 0 aliphatic heterocycles. The monoisotopic (exact) mass is 267 g/mol. The maximum Gasteiger partial charge on any atom is 0.306 e.